The largest absolute Gasteiger partial charge is 0.435 e. The molecule has 17 rings (SSSR count). The summed E-state index contributed by atoms with van der Waals surface area (Å²) in [6.07, 6.45) is 12.3. The van der Waals surface area contributed by atoms with Crippen LogP contribution in [0, 0.1) is 35.0 Å². The van der Waals surface area contributed by atoms with Crippen LogP contribution in [0.15, 0.2) is 55.3 Å². The lowest BCUT2D eigenvalue weighted by atomic mass is 9.64. The van der Waals surface area contributed by atoms with Gasteiger partial charge in [-0.05, 0) is 159 Å². The Kier molecular flexibility index (Phi) is 2.61. The van der Waals surface area contributed by atoms with E-state index in [1.165, 1.54) is 49.5 Å². The van der Waals surface area contributed by atoms with Crippen LogP contribution in [0.3, 0.4) is 0 Å². The van der Waals surface area contributed by atoms with Crippen LogP contribution in [0.25, 0.3) is 103 Å². The van der Waals surface area contributed by atoms with Crippen molar-refractivity contribution in [2.75, 3.05) is 0 Å². The van der Waals surface area contributed by atoms with Gasteiger partial charge in [0.25, 0.3) is 0 Å². The molecule has 9 unspecified atom stereocenters. The first-order chi connectivity index (χ1) is 23.6. The third-order valence-electron chi connectivity index (χ3n) is 16.5. The predicted octanol–water partition coefficient (Wildman–Crippen LogP) is 8.93. The Labute approximate surface area is 272 Å². The molecule has 8 aliphatic carbocycles. The molecule has 2 heteroatoms. The maximum atomic E-state index is 13.3. The van der Waals surface area contributed by atoms with Crippen LogP contribution in [-0.2, 0) is 9.53 Å². The first kappa shape index (κ1) is 21.8. The van der Waals surface area contributed by atoms with Gasteiger partial charge in [0.1, 0.15) is 0 Å². The first-order valence-electron chi connectivity index (χ1n) is 18.1. The molecular weight excluding hydrogens is 585 g/mol. The molecule has 0 spiro atoms. The summed E-state index contributed by atoms with van der Waals surface area (Å²) in [5.74, 6) is 3.64. The zero-order chi connectivity index (χ0) is 30.3. The number of rotatable bonds is 3. The fraction of sp³-hybridized carbons (Fsp3) is 0.239. The van der Waals surface area contributed by atoms with E-state index in [1.54, 1.807) is 81.2 Å². The van der Waals surface area contributed by atoms with Gasteiger partial charge >= 0.3 is 5.97 Å². The first-order valence-corrected chi connectivity index (χ1v) is 18.1. The molecule has 48 heavy (non-hydrogen) atoms. The molecule has 2 saturated carbocycles. The van der Waals surface area contributed by atoms with Crippen LogP contribution < -0.4 is 10.4 Å². The van der Waals surface area contributed by atoms with E-state index in [4.69, 9.17) is 4.74 Å². The quantitative estimate of drug-likeness (QED) is 0.0867. The van der Waals surface area contributed by atoms with Crippen LogP contribution in [-0.4, -0.2) is 5.97 Å². The van der Waals surface area contributed by atoms with Crippen LogP contribution >= 0.6 is 0 Å². The Balaban J connectivity index is 1.25. The molecule has 9 atom stereocenters. The summed E-state index contributed by atoms with van der Waals surface area (Å²) in [5.41, 5.74) is 9.79. The van der Waals surface area contributed by atoms with Gasteiger partial charge in [0.15, 0.2) is 0 Å². The molecule has 0 aromatic heterocycles. The van der Waals surface area contributed by atoms with E-state index in [2.05, 4.69) is 62.1 Å². The second-order valence-corrected chi connectivity index (χ2v) is 17.4. The number of ether oxygens (including phenoxy) is 1. The van der Waals surface area contributed by atoms with Gasteiger partial charge in [-0.25, -0.2) is 0 Å². The van der Waals surface area contributed by atoms with Crippen molar-refractivity contribution in [1.82, 2.24) is 0 Å². The molecule has 2 fully saturated rings. The van der Waals surface area contributed by atoms with E-state index in [0.29, 0.717) is 53.8 Å². The molecule has 0 saturated heterocycles. The Morgan fingerprint density at radius 1 is 0.688 bits per heavy atom. The van der Waals surface area contributed by atoms with Crippen molar-refractivity contribution in [3.8, 4) is 0 Å². The molecule has 8 aliphatic rings. The lowest BCUT2D eigenvalue weighted by Crippen LogP contribution is -2.33. The Bertz CT molecular complexity index is 3440. The van der Waals surface area contributed by atoms with Crippen LogP contribution in [0.1, 0.15) is 53.4 Å². The predicted molar refractivity (Wildman–Crippen MR) is 193 cm³/mol. The highest BCUT2D eigenvalue weighted by Crippen LogP contribution is 2.79. The van der Waals surface area contributed by atoms with E-state index in [0.717, 1.165) is 0 Å². The number of benzene rings is 5. The molecule has 0 amide bonds. The molecule has 0 heterocycles. The normalized spacial score (nSPS) is 34.9. The highest BCUT2D eigenvalue weighted by molar-refractivity contribution is 6.57. The third-order valence-corrected chi connectivity index (χ3v) is 16.5. The number of carbonyl (C=O) groups excluding carboxylic acids is 1. The van der Waals surface area contributed by atoms with Crippen LogP contribution in [0.4, 0.5) is 0 Å². The summed E-state index contributed by atoms with van der Waals surface area (Å²) < 4.78 is 5.45. The molecule has 0 bridgehead atoms. The molecule has 0 N–H and O–H groups in total. The topological polar surface area (TPSA) is 26.3 Å². The fourth-order valence-corrected chi connectivity index (χ4v) is 15.7. The summed E-state index contributed by atoms with van der Waals surface area (Å²) in [6, 6.07) is 9.91. The van der Waals surface area contributed by atoms with Crippen molar-refractivity contribution in [2.24, 2.45) is 35.0 Å². The van der Waals surface area contributed by atoms with Gasteiger partial charge in [-0.15, -0.1) is 0 Å². The minimum atomic E-state index is -0.158. The summed E-state index contributed by atoms with van der Waals surface area (Å²) in [5, 5.41) is 28.1. The number of fused-ring (bicyclic) bond motifs is 8. The maximum absolute atomic E-state index is 13.3. The molecule has 0 radical (unpaired) electrons. The average molecular weight is 609 g/mol. The summed E-state index contributed by atoms with van der Waals surface area (Å²) in [7, 11) is 0. The Morgan fingerprint density at radius 3 is 2.25 bits per heavy atom. The van der Waals surface area contributed by atoms with Gasteiger partial charge in [0.05, 0.1) is 12.7 Å². The molecular formula is C46H24O2. The highest BCUT2D eigenvalue weighted by atomic mass is 16.5. The molecule has 9 aromatic carbocycles. The smallest absolute Gasteiger partial charge is 0.311 e. The van der Waals surface area contributed by atoms with E-state index < -0.39 is 0 Å². The number of carbonyl (C=O) groups is 1. The van der Waals surface area contributed by atoms with Gasteiger partial charge in [0.2, 0.25) is 0 Å². The Hall–Kier alpha value is -4.95. The molecule has 9 aromatic rings. The van der Waals surface area contributed by atoms with E-state index in [9.17, 15) is 4.79 Å². The summed E-state index contributed by atoms with van der Waals surface area (Å²) >= 11 is 0. The zero-order valence-corrected chi connectivity index (χ0v) is 26.0. The average Bonchev–Trinajstić information content (AvgIpc) is 3.73. The van der Waals surface area contributed by atoms with Crippen molar-refractivity contribution in [1.29, 1.82) is 0 Å². The number of hydrogen-bond donors (Lipinski definition) is 0. The van der Waals surface area contributed by atoms with Gasteiger partial charge < -0.3 is 4.74 Å². The zero-order valence-electron chi connectivity index (χ0n) is 26.0. The van der Waals surface area contributed by atoms with Crippen molar-refractivity contribution in [3.63, 3.8) is 0 Å². The standard InChI is InChI=1S/C46H24O2/c1-3-48-21(47)12-46(2)44-30-19-10-8-17-15-6-4-13-14-5-7-16-18-9-11-20-29-27(18)34-25(16)23(14)32-22(13)24(15)33-26(17)28(19)35-37(30)38(31(20)45(44)46)36(29)43-41(34)39(32)40(33)42(35)43/h3-11,15,17,19,24,26,28,44-45H,1,12H2,2H3. The fourth-order valence-electron chi connectivity index (χ4n) is 15.7. The van der Waals surface area contributed by atoms with E-state index in [-0.39, 0.29) is 11.4 Å². The lowest BCUT2D eigenvalue weighted by Gasteiger charge is -2.38. The second kappa shape index (κ2) is 5.75. The number of allylic oxidation sites excluding steroid dienone is 3. The van der Waals surface area contributed by atoms with Crippen molar-refractivity contribution in [3.05, 3.63) is 88.0 Å². The van der Waals surface area contributed by atoms with Gasteiger partial charge in [0, 0.05) is 17.8 Å². The molecule has 0 aliphatic heterocycles. The monoisotopic (exact) mass is 608 g/mol. The minimum Gasteiger partial charge on any atom is -0.435 e. The summed E-state index contributed by atoms with van der Waals surface area (Å²) in [6.45, 7) is 6.12. The second-order valence-electron chi connectivity index (χ2n) is 17.4. The van der Waals surface area contributed by atoms with E-state index in [1.807, 2.05) is 5.57 Å². The lowest BCUT2D eigenvalue weighted by molar-refractivity contribution is -0.139. The van der Waals surface area contributed by atoms with Crippen LogP contribution in [0.2, 0.25) is 0 Å². The third kappa shape index (κ3) is 1.57. The SMILES string of the molecule is C=COC(=O)CC1(C)C2C3=c4c5c6c7c8c9c%10c(c%11ccc%12c%13ccc%14c(c4c4c%14c%13c(c%12c%119)c8c64)C21)C=CC1C%10C=7C2C1C=CC3C52. The maximum Gasteiger partial charge on any atom is 0.311 e. The van der Waals surface area contributed by atoms with Crippen molar-refractivity contribution >= 4 is 109 Å². The van der Waals surface area contributed by atoms with Crippen molar-refractivity contribution < 1.29 is 9.53 Å². The molecule has 220 valence electrons. The summed E-state index contributed by atoms with van der Waals surface area (Å²) in [4.78, 5) is 13.3. The van der Waals surface area contributed by atoms with Gasteiger partial charge in [-0.3, -0.25) is 4.79 Å². The van der Waals surface area contributed by atoms with E-state index >= 15 is 0 Å². The number of esters is 1. The van der Waals surface area contributed by atoms with Crippen molar-refractivity contribution in [2.45, 2.75) is 31.1 Å². The van der Waals surface area contributed by atoms with Crippen LogP contribution in [0.5, 0.6) is 0 Å². The highest BCUT2D eigenvalue weighted by Gasteiger charge is 2.70. The molecule has 2 nitrogen and oxygen atoms in total. The Morgan fingerprint density at radius 2 is 1.40 bits per heavy atom. The number of hydrogen-bond acceptors (Lipinski definition) is 2. The van der Waals surface area contributed by atoms with Gasteiger partial charge in [-0.2, -0.15) is 0 Å². The van der Waals surface area contributed by atoms with Gasteiger partial charge in [-0.1, -0.05) is 67.6 Å². The minimum absolute atomic E-state index is 0.139.